The van der Waals surface area contributed by atoms with Gasteiger partial charge >= 0.3 is 0 Å². The molecular formula is C16H18N2OS. The Morgan fingerprint density at radius 2 is 2.00 bits per heavy atom. The molecule has 0 bridgehead atoms. The van der Waals surface area contributed by atoms with Crippen molar-refractivity contribution in [2.45, 2.75) is 26.8 Å². The lowest BCUT2D eigenvalue weighted by Crippen LogP contribution is -2.16. The van der Waals surface area contributed by atoms with Gasteiger partial charge in [0, 0.05) is 5.39 Å². The lowest BCUT2D eigenvalue weighted by Gasteiger charge is -2.11. The maximum Gasteiger partial charge on any atom is 0.134 e. The minimum absolute atomic E-state index is 0.0638. The van der Waals surface area contributed by atoms with Gasteiger partial charge in [-0.3, -0.25) is 0 Å². The average molecular weight is 286 g/mol. The number of rotatable bonds is 3. The van der Waals surface area contributed by atoms with Crippen molar-refractivity contribution in [1.82, 2.24) is 10.3 Å². The maximum absolute atomic E-state index is 6.01. The van der Waals surface area contributed by atoms with Gasteiger partial charge in [-0.25, -0.2) is 4.98 Å². The van der Waals surface area contributed by atoms with E-state index in [1.165, 1.54) is 10.4 Å². The maximum atomic E-state index is 6.01. The largest absolute Gasteiger partial charge is 0.459 e. The van der Waals surface area contributed by atoms with Crippen molar-refractivity contribution in [3.8, 4) is 0 Å². The fourth-order valence-corrected chi connectivity index (χ4v) is 3.59. The van der Waals surface area contributed by atoms with Crippen LogP contribution in [0.2, 0.25) is 0 Å². The normalized spacial score (nSPS) is 13.0. The smallest absolute Gasteiger partial charge is 0.134 e. The molecule has 0 fully saturated rings. The molecule has 0 radical (unpaired) electrons. The van der Waals surface area contributed by atoms with Crippen LogP contribution in [0.15, 0.2) is 28.7 Å². The highest BCUT2D eigenvalue weighted by Gasteiger charge is 2.21. The molecule has 2 aromatic heterocycles. The molecule has 0 amide bonds. The van der Waals surface area contributed by atoms with Crippen molar-refractivity contribution in [3.05, 3.63) is 51.2 Å². The van der Waals surface area contributed by atoms with E-state index < -0.39 is 0 Å². The van der Waals surface area contributed by atoms with Crippen LogP contribution in [-0.4, -0.2) is 12.0 Å². The van der Waals surface area contributed by atoms with Gasteiger partial charge in [0.05, 0.1) is 15.6 Å². The minimum Gasteiger partial charge on any atom is -0.459 e. The van der Waals surface area contributed by atoms with Crippen LogP contribution in [0.3, 0.4) is 0 Å². The number of hydrogen-bond donors (Lipinski definition) is 1. The van der Waals surface area contributed by atoms with Crippen LogP contribution in [0.5, 0.6) is 0 Å². The summed E-state index contributed by atoms with van der Waals surface area (Å²) < 4.78 is 6.01. The fraction of sp³-hybridized carbons (Fsp3) is 0.312. The second-order valence-corrected chi connectivity index (χ2v) is 6.33. The van der Waals surface area contributed by atoms with E-state index >= 15 is 0 Å². The number of nitrogens with zero attached hydrogens (tertiary/aromatic N) is 1. The third kappa shape index (κ3) is 2.25. The number of aromatic nitrogens is 1. The van der Waals surface area contributed by atoms with Gasteiger partial charge in [0.25, 0.3) is 0 Å². The van der Waals surface area contributed by atoms with Gasteiger partial charge in [-0.1, -0.05) is 11.6 Å². The predicted octanol–water partition coefficient (Wildman–Crippen LogP) is 4.12. The lowest BCUT2D eigenvalue weighted by molar-refractivity contribution is 0.494. The molecule has 2 heterocycles. The van der Waals surface area contributed by atoms with Gasteiger partial charge in [-0.15, -0.1) is 11.3 Å². The summed E-state index contributed by atoms with van der Waals surface area (Å²) in [4.78, 5) is 5.73. The van der Waals surface area contributed by atoms with Crippen molar-refractivity contribution in [3.63, 3.8) is 0 Å². The third-order valence-electron chi connectivity index (χ3n) is 3.47. The minimum atomic E-state index is 0.0638. The number of benzene rings is 1. The summed E-state index contributed by atoms with van der Waals surface area (Å²) in [5.41, 5.74) is 3.25. The van der Waals surface area contributed by atoms with E-state index in [4.69, 9.17) is 4.42 Å². The van der Waals surface area contributed by atoms with Gasteiger partial charge in [-0.05, 0) is 46.0 Å². The van der Waals surface area contributed by atoms with E-state index in [2.05, 4.69) is 42.3 Å². The van der Waals surface area contributed by atoms with Crippen LogP contribution in [0.1, 0.15) is 32.9 Å². The van der Waals surface area contributed by atoms with Crippen LogP contribution >= 0.6 is 11.3 Å². The van der Waals surface area contributed by atoms with E-state index in [-0.39, 0.29) is 6.04 Å². The fourth-order valence-electron chi connectivity index (χ4n) is 2.54. The van der Waals surface area contributed by atoms with Crippen LogP contribution in [0.4, 0.5) is 0 Å². The Morgan fingerprint density at radius 3 is 2.65 bits per heavy atom. The van der Waals surface area contributed by atoms with Gasteiger partial charge in [0.15, 0.2) is 0 Å². The molecule has 3 rings (SSSR count). The highest BCUT2D eigenvalue weighted by Crippen LogP contribution is 2.33. The summed E-state index contributed by atoms with van der Waals surface area (Å²) in [5, 5.41) is 5.58. The summed E-state index contributed by atoms with van der Waals surface area (Å²) in [5.74, 6) is 0.944. The third-order valence-corrected chi connectivity index (χ3v) is 4.60. The van der Waals surface area contributed by atoms with Crippen molar-refractivity contribution < 1.29 is 4.42 Å². The summed E-state index contributed by atoms with van der Waals surface area (Å²) in [6.07, 6.45) is 0. The Morgan fingerprint density at radius 1 is 1.20 bits per heavy atom. The second kappa shape index (κ2) is 5.04. The van der Waals surface area contributed by atoms with Crippen LogP contribution in [0.25, 0.3) is 11.0 Å². The predicted molar refractivity (Wildman–Crippen MR) is 83.4 cm³/mol. The molecule has 3 nitrogen and oxygen atoms in total. The first-order chi connectivity index (χ1) is 9.58. The van der Waals surface area contributed by atoms with Crippen molar-refractivity contribution >= 4 is 22.3 Å². The molecule has 0 spiro atoms. The highest BCUT2D eigenvalue weighted by molar-refractivity contribution is 7.11. The number of hydrogen-bond acceptors (Lipinski definition) is 4. The average Bonchev–Trinajstić information content (AvgIpc) is 2.94. The molecular weight excluding hydrogens is 268 g/mol. The number of aryl methyl sites for hydroxylation is 3. The molecule has 1 unspecified atom stereocenters. The Hall–Kier alpha value is -1.65. The Bertz CT molecular complexity index is 757. The quantitative estimate of drug-likeness (QED) is 0.787. The van der Waals surface area contributed by atoms with Crippen molar-refractivity contribution in [2.75, 3.05) is 7.05 Å². The first kappa shape index (κ1) is 13.3. The first-order valence-electron chi connectivity index (χ1n) is 6.70. The number of furan rings is 1. The molecule has 0 aliphatic carbocycles. The van der Waals surface area contributed by atoms with E-state index in [0.717, 1.165) is 27.4 Å². The summed E-state index contributed by atoms with van der Waals surface area (Å²) >= 11 is 1.72. The van der Waals surface area contributed by atoms with Gasteiger partial charge in [0.2, 0.25) is 0 Å². The van der Waals surface area contributed by atoms with Crippen LogP contribution < -0.4 is 5.32 Å². The van der Waals surface area contributed by atoms with Gasteiger partial charge in [0.1, 0.15) is 17.4 Å². The Balaban J connectivity index is 2.09. The number of nitrogens with one attached hydrogen (secondary N) is 1. The molecule has 0 saturated heterocycles. The molecule has 0 aliphatic heterocycles. The zero-order valence-electron chi connectivity index (χ0n) is 12.2. The Kier molecular flexibility index (Phi) is 3.36. The SMILES string of the molecule is CNC(c1cc2cc(C)ccc2o1)c1sc(C)nc1C. The topological polar surface area (TPSA) is 38.1 Å². The van der Waals surface area contributed by atoms with Gasteiger partial charge in [-0.2, -0.15) is 0 Å². The van der Waals surface area contributed by atoms with Gasteiger partial charge < -0.3 is 9.73 Å². The zero-order valence-corrected chi connectivity index (χ0v) is 13.0. The van der Waals surface area contributed by atoms with Crippen molar-refractivity contribution in [1.29, 1.82) is 0 Å². The van der Waals surface area contributed by atoms with Crippen LogP contribution in [-0.2, 0) is 0 Å². The molecule has 3 aromatic rings. The molecule has 20 heavy (non-hydrogen) atoms. The second-order valence-electron chi connectivity index (χ2n) is 5.09. The summed E-state index contributed by atoms with van der Waals surface area (Å²) in [6.45, 7) is 6.18. The van der Waals surface area contributed by atoms with Crippen molar-refractivity contribution in [2.24, 2.45) is 0 Å². The Labute approximate surface area is 122 Å². The molecule has 1 atom stereocenters. The molecule has 1 aromatic carbocycles. The van der Waals surface area contributed by atoms with E-state index in [0.29, 0.717) is 0 Å². The standard InChI is InChI=1S/C16H18N2OS/c1-9-5-6-13-12(7-9)8-14(19-13)15(17-4)16-10(2)18-11(3)20-16/h5-8,15,17H,1-4H3. The van der Waals surface area contributed by atoms with E-state index in [9.17, 15) is 0 Å². The zero-order chi connectivity index (χ0) is 14.3. The summed E-state index contributed by atoms with van der Waals surface area (Å²) in [6, 6.07) is 8.45. The molecule has 0 aliphatic rings. The first-order valence-corrected chi connectivity index (χ1v) is 7.51. The number of thiazole rings is 1. The molecule has 104 valence electrons. The molecule has 1 N–H and O–H groups in total. The molecule has 0 saturated carbocycles. The van der Waals surface area contributed by atoms with Crippen LogP contribution in [0, 0.1) is 20.8 Å². The molecule has 4 heteroatoms. The number of fused-ring (bicyclic) bond motifs is 1. The van der Waals surface area contributed by atoms with E-state index in [1.54, 1.807) is 11.3 Å². The lowest BCUT2D eigenvalue weighted by atomic mass is 10.1. The monoisotopic (exact) mass is 286 g/mol. The highest BCUT2D eigenvalue weighted by atomic mass is 32.1. The summed E-state index contributed by atoms with van der Waals surface area (Å²) in [7, 11) is 1.96. The van der Waals surface area contributed by atoms with E-state index in [1.807, 2.05) is 20.0 Å².